The van der Waals surface area contributed by atoms with Crippen LogP contribution < -0.4 is 30.0 Å². The van der Waals surface area contributed by atoms with Gasteiger partial charge in [-0.2, -0.15) is 13.5 Å². The minimum atomic E-state index is -3.07. The standard InChI is InChI=1S/C29H27F4N5O6/c1-36-26(24-20(30)10-18(42-2)11-21(24)31)25(35-27(40)15-4-6-17(7-5-15)44-29(32)33)28(41)38(36)23-13-19(43-3)12-22(34-23)37-9-8-16(39)14-37/h4-7,10-13,16,29,39H,8-9,14H2,1-3H3,(H,35,40)/t16-/m1/s1. The van der Waals surface area contributed by atoms with E-state index in [4.69, 9.17) is 9.47 Å². The number of amides is 1. The highest BCUT2D eigenvalue weighted by Crippen LogP contribution is 2.35. The number of benzene rings is 2. The molecule has 0 saturated carbocycles. The normalized spacial score (nSPS) is 14.7. The molecule has 2 aromatic carbocycles. The van der Waals surface area contributed by atoms with E-state index < -0.39 is 47.1 Å². The van der Waals surface area contributed by atoms with E-state index in [9.17, 15) is 23.5 Å². The average Bonchev–Trinajstić information content (AvgIpc) is 3.53. The van der Waals surface area contributed by atoms with Crippen LogP contribution >= 0.6 is 0 Å². The van der Waals surface area contributed by atoms with Crippen LogP contribution in [0.5, 0.6) is 17.2 Å². The molecule has 0 spiro atoms. The lowest BCUT2D eigenvalue weighted by Crippen LogP contribution is -2.26. The van der Waals surface area contributed by atoms with Crippen molar-refractivity contribution in [1.82, 2.24) is 14.3 Å². The summed E-state index contributed by atoms with van der Waals surface area (Å²) in [6.07, 6.45) is -0.0705. The van der Waals surface area contributed by atoms with Crippen LogP contribution in [-0.2, 0) is 7.05 Å². The summed E-state index contributed by atoms with van der Waals surface area (Å²) in [5.41, 5.74) is -2.41. The van der Waals surface area contributed by atoms with Crippen LogP contribution in [0.4, 0.5) is 29.1 Å². The minimum Gasteiger partial charge on any atom is -0.497 e. The van der Waals surface area contributed by atoms with Gasteiger partial charge in [0.1, 0.15) is 46.1 Å². The SMILES string of the molecule is COc1cc(N2CC[C@@H](O)C2)nc(-n2c(=O)c(NC(=O)c3ccc(OC(F)F)cc3)c(-c3c(F)cc(OC)cc3F)n2C)c1. The van der Waals surface area contributed by atoms with Crippen LogP contribution in [0.2, 0.25) is 0 Å². The van der Waals surface area contributed by atoms with Crippen molar-refractivity contribution in [3.05, 3.63) is 76.1 Å². The Hall–Kier alpha value is -5.05. The molecule has 0 radical (unpaired) electrons. The van der Waals surface area contributed by atoms with Gasteiger partial charge in [0.15, 0.2) is 5.82 Å². The molecule has 2 N–H and O–H groups in total. The molecule has 1 fully saturated rings. The van der Waals surface area contributed by atoms with Crippen molar-refractivity contribution in [1.29, 1.82) is 0 Å². The molecule has 3 heterocycles. The summed E-state index contributed by atoms with van der Waals surface area (Å²) in [7, 11) is 3.99. The highest BCUT2D eigenvalue weighted by atomic mass is 19.3. The maximum atomic E-state index is 15.4. The fraction of sp³-hybridized carbons (Fsp3) is 0.276. The van der Waals surface area contributed by atoms with Crippen LogP contribution in [0.1, 0.15) is 16.8 Å². The lowest BCUT2D eigenvalue weighted by molar-refractivity contribution is -0.0498. The topological polar surface area (TPSA) is 120 Å². The lowest BCUT2D eigenvalue weighted by Gasteiger charge is -2.19. The van der Waals surface area contributed by atoms with E-state index in [-0.39, 0.29) is 35.1 Å². The summed E-state index contributed by atoms with van der Waals surface area (Å²) in [6, 6.07) is 9.52. The summed E-state index contributed by atoms with van der Waals surface area (Å²) < 4.78 is 72.7. The Morgan fingerprint density at radius 1 is 1.00 bits per heavy atom. The number of pyridine rings is 1. The molecule has 1 saturated heterocycles. The zero-order valence-corrected chi connectivity index (χ0v) is 23.7. The smallest absolute Gasteiger partial charge is 0.387 e. The van der Waals surface area contributed by atoms with Gasteiger partial charge in [-0.15, -0.1) is 0 Å². The van der Waals surface area contributed by atoms with Gasteiger partial charge in [0.25, 0.3) is 11.5 Å². The third-order valence-electron chi connectivity index (χ3n) is 7.05. The molecule has 11 nitrogen and oxygen atoms in total. The van der Waals surface area contributed by atoms with Gasteiger partial charge in [-0.25, -0.2) is 13.8 Å². The second kappa shape index (κ2) is 12.3. The number of aliphatic hydroxyl groups is 1. The number of anilines is 2. The van der Waals surface area contributed by atoms with Crippen LogP contribution in [0, 0.1) is 11.6 Å². The molecule has 0 bridgehead atoms. The second-order valence-electron chi connectivity index (χ2n) is 9.80. The predicted molar refractivity (Wildman–Crippen MR) is 151 cm³/mol. The monoisotopic (exact) mass is 617 g/mol. The van der Waals surface area contributed by atoms with Crippen molar-refractivity contribution >= 4 is 17.4 Å². The van der Waals surface area contributed by atoms with Gasteiger partial charge in [-0.1, -0.05) is 0 Å². The average molecular weight is 618 g/mol. The Morgan fingerprint density at radius 2 is 1.61 bits per heavy atom. The molecule has 4 aromatic rings. The Morgan fingerprint density at radius 3 is 2.18 bits per heavy atom. The van der Waals surface area contributed by atoms with E-state index >= 15 is 8.78 Å². The first-order valence-electron chi connectivity index (χ1n) is 13.2. The van der Waals surface area contributed by atoms with Gasteiger partial charge in [0, 0.05) is 50.0 Å². The summed E-state index contributed by atoms with van der Waals surface area (Å²) in [6.45, 7) is -2.30. The number of alkyl halides is 2. The van der Waals surface area contributed by atoms with Crippen molar-refractivity contribution in [3.63, 3.8) is 0 Å². The number of hydrogen-bond acceptors (Lipinski definition) is 8. The Balaban J connectivity index is 1.67. The maximum absolute atomic E-state index is 15.4. The zero-order valence-electron chi connectivity index (χ0n) is 23.7. The van der Waals surface area contributed by atoms with Crippen LogP contribution in [0.25, 0.3) is 17.1 Å². The van der Waals surface area contributed by atoms with Gasteiger partial charge in [-0.05, 0) is 30.7 Å². The van der Waals surface area contributed by atoms with Gasteiger partial charge in [0.2, 0.25) is 0 Å². The minimum absolute atomic E-state index is 0.00202. The number of β-amino-alcohol motifs (C(OH)–C–C–N with tert-alkyl or cyclic N) is 1. The predicted octanol–water partition coefficient (Wildman–Crippen LogP) is 3.96. The Bertz CT molecular complexity index is 1740. The molecule has 5 rings (SSSR count). The molecule has 0 aliphatic carbocycles. The third-order valence-corrected chi connectivity index (χ3v) is 7.05. The molecule has 232 valence electrons. The van der Waals surface area contributed by atoms with Gasteiger partial charge in [0.05, 0.1) is 25.9 Å². The number of ether oxygens (including phenoxy) is 3. The molecule has 1 atom stereocenters. The van der Waals surface area contributed by atoms with Gasteiger partial charge in [-0.3, -0.25) is 14.3 Å². The fourth-order valence-electron chi connectivity index (χ4n) is 4.95. The summed E-state index contributed by atoms with van der Waals surface area (Å²) in [4.78, 5) is 33.6. The van der Waals surface area contributed by atoms with Gasteiger partial charge >= 0.3 is 6.61 Å². The molecule has 0 unspecified atom stereocenters. The summed E-state index contributed by atoms with van der Waals surface area (Å²) in [5, 5.41) is 12.5. The molecular weight excluding hydrogens is 590 g/mol. The van der Waals surface area contributed by atoms with Crippen molar-refractivity contribution < 1.29 is 41.7 Å². The van der Waals surface area contributed by atoms with Crippen molar-refractivity contribution in [3.8, 4) is 34.3 Å². The van der Waals surface area contributed by atoms with Crippen LogP contribution in [0.15, 0.2) is 53.3 Å². The first-order valence-corrected chi connectivity index (χ1v) is 13.2. The van der Waals surface area contributed by atoms with E-state index in [1.807, 2.05) is 0 Å². The highest BCUT2D eigenvalue weighted by Gasteiger charge is 2.29. The molecule has 1 aliphatic heterocycles. The Labute approximate surface area is 247 Å². The van der Waals surface area contributed by atoms with E-state index in [1.54, 1.807) is 11.0 Å². The van der Waals surface area contributed by atoms with E-state index in [2.05, 4.69) is 15.0 Å². The maximum Gasteiger partial charge on any atom is 0.387 e. The molecule has 1 aliphatic rings. The number of rotatable bonds is 9. The first kappa shape index (κ1) is 30.4. The van der Waals surface area contributed by atoms with Crippen LogP contribution in [0.3, 0.4) is 0 Å². The number of carbonyl (C=O) groups excluding carboxylic acids is 1. The molecule has 1 amide bonds. The number of nitrogens with one attached hydrogen (secondary N) is 1. The second-order valence-corrected chi connectivity index (χ2v) is 9.80. The first-order chi connectivity index (χ1) is 21.0. The fourth-order valence-corrected chi connectivity index (χ4v) is 4.95. The largest absolute Gasteiger partial charge is 0.497 e. The van der Waals surface area contributed by atoms with Crippen molar-refractivity contribution in [2.45, 2.75) is 19.1 Å². The molecule has 44 heavy (non-hydrogen) atoms. The number of hydrogen-bond donors (Lipinski definition) is 2. The zero-order chi connectivity index (χ0) is 31.7. The third kappa shape index (κ3) is 5.90. The number of nitrogens with zero attached hydrogens (tertiary/aromatic N) is 4. The highest BCUT2D eigenvalue weighted by molar-refractivity contribution is 6.06. The number of aliphatic hydroxyl groups excluding tert-OH is 1. The van der Waals surface area contributed by atoms with Crippen LogP contribution in [-0.4, -0.2) is 65.4 Å². The summed E-state index contributed by atoms with van der Waals surface area (Å²) in [5.74, 6) is -2.66. The number of halogens is 4. The molecule has 2 aromatic heterocycles. The van der Waals surface area contributed by atoms with Crippen molar-refractivity contribution in [2.75, 3.05) is 37.5 Å². The van der Waals surface area contributed by atoms with Gasteiger partial charge < -0.3 is 29.5 Å². The summed E-state index contributed by atoms with van der Waals surface area (Å²) >= 11 is 0. The number of methoxy groups -OCH3 is 2. The van der Waals surface area contributed by atoms with E-state index in [1.165, 1.54) is 39.5 Å². The molecule has 15 heteroatoms. The Kier molecular flexibility index (Phi) is 8.49. The van der Waals surface area contributed by atoms with E-state index in [0.29, 0.717) is 24.5 Å². The quantitative estimate of drug-likeness (QED) is 0.271. The van der Waals surface area contributed by atoms with Crippen molar-refractivity contribution in [2.24, 2.45) is 7.05 Å². The van der Waals surface area contributed by atoms with E-state index in [0.717, 1.165) is 33.6 Å². The lowest BCUT2D eigenvalue weighted by atomic mass is 10.1. The number of carbonyl (C=O) groups is 1. The number of aromatic nitrogens is 3. The molecular formula is C29H27F4N5O6.